The lowest BCUT2D eigenvalue weighted by Gasteiger charge is -2.23. The summed E-state index contributed by atoms with van der Waals surface area (Å²) in [6.45, 7) is 2.74. The molecule has 0 saturated heterocycles. The molecule has 7 heteroatoms. The lowest BCUT2D eigenvalue weighted by atomic mass is 9.90. The van der Waals surface area contributed by atoms with E-state index in [0.717, 1.165) is 16.6 Å². The first kappa shape index (κ1) is 18.1. The van der Waals surface area contributed by atoms with Gasteiger partial charge in [-0.3, -0.25) is 9.59 Å². The van der Waals surface area contributed by atoms with Gasteiger partial charge in [0.15, 0.2) is 0 Å². The molecule has 2 aromatic carbocycles. The third-order valence-electron chi connectivity index (χ3n) is 3.44. The van der Waals surface area contributed by atoms with Gasteiger partial charge in [-0.15, -0.1) is 0 Å². The maximum Gasteiger partial charge on any atom is 0.239 e. The van der Waals surface area contributed by atoms with Gasteiger partial charge in [0.05, 0.1) is 0 Å². The summed E-state index contributed by atoms with van der Waals surface area (Å²) < 4.78 is 28.1. The fraction of sp³-hybridized carbons (Fsp3) is 0.176. The highest BCUT2D eigenvalue weighted by molar-refractivity contribution is 9.10. The van der Waals surface area contributed by atoms with E-state index >= 15 is 0 Å². The number of anilines is 2. The van der Waals surface area contributed by atoms with Crippen LogP contribution < -0.4 is 10.6 Å². The van der Waals surface area contributed by atoms with E-state index in [1.165, 1.54) is 19.9 Å². The summed E-state index contributed by atoms with van der Waals surface area (Å²) in [7, 11) is 0. The van der Waals surface area contributed by atoms with Gasteiger partial charge >= 0.3 is 0 Å². The van der Waals surface area contributed by atoms with Gasteiger partial charge in [-0.25, -0.2) is 8.78 Å². The molecule has 4 nitrogen and oxygen atoms in total. The number of rotatable bonds is 4. The molecule has 0 aliphatic rings. The Hall–Kier alpha value is -2.28. The van der Waals surface area contributed by atoms with Gasteiger partial charge in [-0.05, 0) is 50.2 Å². The molecular weight excluding hydrogens is 382 g/mol. The molecule has 24 heavy (non-hydrogen) atoms. The van der Waals surface area contributed by atoms with E-state index in [0.29, 0.717) is 5.69 Å². The summed E-state index contributed by atoms with van der Waals surface area (Å²) in [6, 6.07) is 10.0. The largest absolute Gasteiger partial charge is 0.325 e. The number of hydrogen-bond acceptors (Lipinski definition) is 2. The number of amides is 2. The minimum atomic E-state index is -1.54. The predicted octanol–water partition coefficient (Wildman–Crippen LogP) is 4.33. The second-order valence-electron chi connectivity index (χ2n) is 5.64. The Kier molecular flexibility index (Phi) is 5.33. The van der Waals surface area contributed by atoms with Crippen LogP contribution in [0.15, 0.2) is 46.9 Å². The normalized spacial score (nSPS) is 11.0. The van der Waals surface area contributed by atoms with Crippen molar-refractivity contribution in [2.75, 3.05) is 10.6 Å². The first-order valence-electron chi connectivity index (χ1n) is 7.04. The number of benzene rings is 2. The van der Waals surface area contributed by atoms with Gasteiger partial charge in [0.1, 0.15) is 22.7 Å². The predicted molar refractivity (Wildman–Crippen MR) is 91.5 cm³/mol. The van der Waals surface area contributed by atoms with E-state index in [4.69, 9.17) is 0 Å². The summed E-state index contributed by atoms with van der Waals surface area (Å²) >= 11 is 3.28. The van der Waals surface area contributed by atoms with Gasteiger partial charge in [0.2, 0.25) is 11.8 Å². The first-order chi connectivity index (χ1) is 11.2. The Labute approximate surface area is 146 Å². The molecule has 2 N–H and O–H groups in total. The van der Waals surface area contributed by atoms with Crippen LogP contribution >= 0.6 is 15.9 Å². The zero-order valence-electron chi connectivity index (χ0n) is 13.0. The number of hydrogen-bond donors (Lipinski definition) is 2. The lowest BCUT2D eigenvalue weighted by Crippen LogP contribution is -2.41. The molecule has 0 aromatic heterocycles. The van der Waals surface area contributed by atoms with Crippen molar-refractivity contribution in [2.45, 2.75) is 13.8 Å². The highest BCUT2D eigenvalue weighted by Crippen LogP contribution is 2.25. The monoisotopic (exact) mass is 396 g/mol. The molecule has 2 amide bonds. The average molecular weight is 397 g/mol. The van der Waals surface area contributed by atoms with Crippen LogP contribution in [-0.4, -0.2) is 11.8 Å². The minimum Gasteiger partial charge on any atom is -0.325 e. The van der Waals surface area contributed by atoms with Crippen molar-refractivity contribution in [1.82, 2.24) is 0 Å². The standard InChI is InChI=1S/C17H15BrF2N2O2/c1-17(2,15(23)21-11-8-6-10(18)7-9-11)16(24)22-14-12(19)4-3-5-13(14)20/h3-9H,1-2H3,(H,21,23)(H,22,24). The number of carbonyl (C=O) groups is 2. The van der Waals surface area contributed by atoms with Crippen LogP contribution in [0.4, 0.5) is 20.2 Å². The number of carbonyl (C=O) groups excluding carboxylic acids is 2. The van der Waals surface area contributed by atoms with Crippen LogP contribution in [0.1, 0.15) is 13.8 Å². The molecule has 0 unspecified atom stereocenters. The molecule has 2 aromatic rings. The Morgan fingerprint density at radius 1 is 0.917 bits per heavy atom. The van der Waals surface area contributed by atoms with E-state index < -0.39 is 34.6 Å². The van der Waals surface area contributed by atoms with Gasteiger partial charge in [0.25, 0.3) is 0 Å². The molecule has 0 atom stereocenters. The fourth-order valence-corrected chi connectivity index (χ4v) is 2.08. The Morgan fingerprint density at radius 2 is 1.42 bits per heavy atom. The maximum absolute atomic E-state index is 13.6. The number of halogens is 3. The van der Waals surface area contributed by atoms with E-state index in [1.807, 2.05) is 0 Å². The quantitative estimate of drug-likeness (QED) is 0.755. The summed E-state index contributed by atoms with van der Waals surface area (Å²) in [6.07, 6.45) is 0. The number of nitrogens with one attached hydrogen (secondary N) is 2. The molecule has 0 aliphatic carbocycles. The minimum absolute atomic E-state index is 0.501. The van der Waals surface area contributed by atoms with Gasteiger partial charge < -0.3 is 10.6 Å². The lowest BCUT2D eigenvalue weighted by molar-refractivity contribution is -0.135. The first-order valence-corrected chi connectivity index (χ1v) is 7.83. The van der Waals surface area contributed by atoms with Crippen LogP contribution in [0.2, 0.25) is 0 Å². The van der Waals surface area contributed by atoms with Crippen molar-refractivity contribution >= 4 is 39.1 Å². The molecule has 0 heterocycles. The fourth-order valence-electron chi connectivity index (χ4n) is 1.81. The molecule has 0 bridgehead atoms. The van der Waals surface area contributed by atoms with Crippen LogP contribution in [0.5, 0.6) is 0 Å². The van der Waals surface area contributed by atoms with Gasteiger partial charge in [0, 0.05) is 10.2 Å². The SMILES string of the molecule is CC(C)(C(=O)Nc1ccc(Br)cc1)C(=O)Nc1c(F)cccc1F. The Balaban J connectivity index is 2.14. The van der Waals surface area contributed by atoms with E-state index in [2.05, 4.69) is 26.6 Å². The van der Waals surface area contributed by atoms with Gasteiger partial charge in [-0.1, -0.05) is 22.0 Å². The summed E-state index contributed by atoms with van der Waals surface area (Å²) in [5.41, 5.74) is -1.62. The molecule has 2 rings (SSSR count). The van der Waals surface area contributed by atoms with E-state index in [-0.39, 0.29) is 0 Å². The van der Waals surface area contributed by atoms with Crippen LogP contribution in [0.25, 0.3) is 0 Å². The maximum atomic E-state index is 13.6. The highest BCUT2D eigenvalue weighted by atomic mass is 79.9. The van der Waals surface area contributed by atoms with Crippen LogP contribution in [-0.2, 0) is 9.59 Å². The smallest absolute Gasteiger partial charge is 0.239 e. The average Bonchev–Trinajstić information content (AvgIpc) is 2.53. The summed E-state index contributed by atoms with van der Waals surface area (Å²) in [5, 5.41) is 4.73. The molecule has 0 aliphatic heterocycles. The molecule has 0 fully saturated rings. The van der Waals surface area contributed by atoms with E-state index in [9.17, 15) is 18.4 Å². The Morgan fingerprint density at radius 3 is 1.96 bits per heavy atom. The summed E-state index contributed by atoms with van der Waals surface area (Å²) in [5.74, 6) is -3.24. The molecule has 126 valence electrons. The highest BCUT2D eigenvalue weighted by Gasteiger charge is 2.37. The summed E-state index contributed by atoms with van der Waals surface area (Å²) in [4.78, 5) is 24.7. The van der Waals surface area contributed by atoms with Crippen molar-refractivity contribution in [2.24, 2.45) is 5.41 Å². The van der Waals surface area contributed by atoms with Crippen molar-refractivity contribution in [1.29, 1.82) is 0 Å². The third kappa shape index (κ3) is 3.97. The number of para-hydroxylation sites is 1. The van der Waals surface area contributed by atoms with Crippen LogP contribution in [0.3, 0.4) is 0 Å². The van der Waals surface area contributed by atoms with Gasteiger partial charge in [-0.2, -0.15) is 0 Å². The third-order valence-corrected chi connectivity index (χ3v) is 3.97. The zero-order chi connectivity index (χ0) is 17.9. The molecule has 0 saturated carbocycles. The topological polar surface area (TPSA) is 58.2 Å². The molecule has 0 radical (unpaired) electrons. The second-order valence-corrected chi connectivity index (χ2v) is 6.55. The van der Waals surface area contributed by atoms with Crippen molar-refractivity contribution < 1.29 is 18.4 Å². The van der Waals surface area contributed by atoms with Crippen molar-refractivity contribution in [3.63, 3.8) is 0 Å². The Bertz CT molecular complexity index is 756. The molecule has 0 spiro atoms. The second kappa shape index (κ2) is 7.09. The van der Waals surface area contributed by atoms with Crippen LogP contribution in [0, 0.1) is 17.0 Å². The zero-order valence-corrected chi connectivity index (χ0v) is 14.6. The van der Waals surface area contributed by atoms with Crippen molar-refractivity contribution in [3.05, 3.63) is 58.6 Å². The van der Waals surface area contributed by atoms with Crippen molar-refractivity contribution in [3.8, 4) is 0 Å². The van der Waals surface area contributed by atoms with E-state index in [1.54, 1.807) is 24.3 Å². The molecular formula is C17H15BrF2N2O2.